The van der Waals surface area contributed by atoms with Crippen LogP contribution in [0.25, 0.3) is 0 Å². The van der Waals surface area contributed by atoms with E-state index in [4.69, 9.17) is 0 Å². The number of aromatic nitrogens is 2. The topological polar surface area (TPSA) is 41.1 Å². The zero-order chi connectivity index (χ0) is 15.9. The molecule has 1 saturated heterocycles. The molecule has 3 heterocycles. The standard InChI is InChI=1S/C19H26N4.ClH/c1-16-7-11-21-13-17(16)14-23(15-18-5-2-3-10-22-18)19-6-4-9-20-12-8-19;/h2-3,5,7,10-11,13,19-20H,4,6,8-9,12,14-15H2,1H3;1H. The first kappa shape index (κ1) is 18.8. The SMILES string of the molecule is Cc1ccncc1CN(Cc1ccccn1)C1CCCNCC1.Cl. The minimum Gasteiger partial charge on any atom is -0.317 e. The highest BCUT2D eigenvalue weighted by Gasteiger charge is 2.21. The van der Waals surface area contributed by atoms with Crippen LogP contribution >= 0.6 is 12.4 Å². The van der Waals surface area contributed by atoms with E-state index < -0.39 is 0 Å². The van der Waals surface area contributed by atoms with E-state index in [2.05, 4.69) is 45.3 Å². The second-order valence-electron chi connectivity index (χ2n) is 6.36. The van der Waals surface area contributed by atoms with Crippen molar-refractivity contribution in [2.45, 2.75) is 45.3 Å². The van der Waals surface area contributed by atoms with Crippen LogP contribution in [-0.4, -0.2) is 34.0 Å². The van der Waals surface area contributed by atoms with Crippen molar-refractivity contribution >= 4 is 12.4 Å². The second kappa shape index (κ2) is 9.72. The van der Waals surface area contributed by atoms with Gasteiger partial charge in [-0.2, -0.15) is 0 Å². The molecule has 0 bridgehead atoms. The summed E-state index contributed by atoms with van der Waals surface area (Å²) in [6, 6.07) is 8.88. The number of halogens is 1. The van der Waals surface area contributed by atoms with Crippen molar-refractivity contribution in [3.63, 3.8) is 0 Å². The molecule has 2 aromatic heterocycles. The number of rotatable bonds is 5. The number of hydrogen-bond acceptors (Lipinski definition) is 4. The second-order valence-corrected chi connectivity index (χ2v) is 6.36. The van der Waals surface area contributed by atoms with E-state index >= 15 is 0 Å². The summed E-state index contributed by atoms with van der Waals surface area (Å²) in [5.74, 6) is 0. The van der Waals surface area contributed by atoms with Gasteiger partial charge in [0.05, 0.1) is 5.69 Å². The molecular formula is C19H27ClN4. The first-order valence-electron chi connectivity index (χ1n) is 8.57. The lowest BCUT2D eigenvalue weighted by Gasteiger charge is -2.31. The maximum Gasteiger partial charge on any atom is 0.0544 e. The normalized spacial score (nSPS) is 18.0. The molecule has 3 rings (SSSR count). The Morgan fingerprint density at radius 2 is 2.04 bits per heavy atom. The Bertz CT molecular complexity index is 597. The third-order valence-electron chi connectivity index (χ3n) is 4.67. The van der Waals surface area contributed by atoms with E-state index in [1.165, 1.54) is 30.4 Å². The van der Waals surface area contributed by atoms with Crippen LogP contribution in [0.1, 0.15) is 36.1 Å². The lowest BCUT2D eigenvalue weighted by atomic mass is 10.0. The molecule has 2 aromatic rings. The summed E-state index contributed by atoms with van der Waals surface area (Å²) in [7, 11) is 0. The smallest absolute Gasteiger partial charge is 0.0544 e. The van der Waals surface area contributed by atoms with Crippen molar-refractivity contribution in [3.05, 3.63) is 59.7 Å². The lowest BCUT2D eigenvalue weighted by Crippen LogP contribution is -2.35. The van der Waals surface area contributed by atoms with Gasteiger partial charge >= 0.3 is 0 Å². The van der Waals surface area contributed by atoms with Gasteiger partial charge in [-0.15, -0.1) is 12.4 Å². The Kier molecular flexibility index (Phi) is 7.63. The van der Waals surface area contributed by atoms with Gasteiger partial charge in [0, 0.05) is 37.7 Å². The van der Waals surface area contributed by atoms with Gasteiger partial charge in [-0.3, -0.25) is 14.9 Å². The van der Waals surface area contributed by atoms with Gasteiger partial charge in [-0.25, -0.2) is 0 Å². The van der Waals surface area contributed by atoms with Crippen LogP contribution in [0, 0.1) is 6.92 Å². The largest absolute Gasteiger partial charge is 0.317 e. The molecule has 1 aliphatic rings. The van der Waals surface area contributed by atoms with Crippen molar-refractivity contribution in [1.29, 1.82) is 0 Å². The van der Waals surface area contributed by atoms with E-state index in [9.17, 15) is 0 Å². The first-order chi connectivity index (χ1) is 11.3. The molecule has 1 fully saturated rings. The molecule has 1 N–H and O–H groups in total. The fourth-order valence-corrected chi connectivity index (χ4v) is 3.26. The molecule has 24 heavy (non-hydrogen) atoms. The van der Waals surface area contributed by atoms with Crippen LogP contribution in [0.2, 0.25) is 0 Å². The molecule has 1 unspecified atom stereocenters. The van der Waals surface area contributed by atoms with Gasteiger partial charge in [0.15, 0.2) is 0 Å². The monoisotopic (exact) mass is 346 g/mol. The van der Waals surface area contributed by atoms with Crippen molar-refractivity contribution in [3.8, 4) is 0 Å². The minimum atomic E-state index is 0. The maximum absolute atomic E-state index is 4.53. The molecule has 0 radical (unpaired) electrons. The van der Waals surface area contributed by atoms with Gasteiger partial charge in [0.1, 0.15) is 0 Å². The highest BCUT2D eigenvalue weighted by molar-refractivity contribution is 5.85. The van der Waals surface area contributed by atoms with Crippen LogP contribution in [0.5, 0.6) is 0 Å². The average Bonchev–Trinajstić information content (AvgIpc) is 2.86. The summed E-state index contributed by atoms with van der Waals surface area (Å²) in [5.41, 5.74) is 3.78. The van der Waals surface area contributed by atoms with E-state index in [1.807, 2.05) is 24.7 Å². The Hall–Kier alpha value is -1.49. The Morgan fingerprint density at radius 3 is 2.83 bits per heavy atom. The van der Waals surface area contributed by atoms with Crippen LogP contribution in [0.4, 0.5) is 0 Å². The summed E-state index contributed by atoms with van der Waals surface area (Å²) >= 11 is 0. The number of pyridine rings is 2. The van der Waals surface area contributed by atoms with Gasteiger partial charge < -0.3 is 5.32 Å². The molecule has 1 aliphatic heterocycles. The van der Waals surface area contributed by atoms with E-state index in [1.54, 1.807) is 0 Å². The Labute approximate surface area is 151 Å². The highest BCUT2D eigenvalue weighted by atomic mass is 35.5. The molecule has 0 saturated carbocycles. The molecule has 4 nitrogen and oxygen atoms in total. The molecule has 1 atom stereocenters. The van der Waals surface area contributed by atoms with E-state index in [-0.39, 0.29) is 12.4 Å². The molecule has 130 valence electrons. The molecule has 5 heteroatoms. The fraction of sp³-hybridized carbons (Fsp3) is 0.474. The predicted octanol–water partition coefficient (Wildman–Crippen LogP) is 3.35. The predicted molar refractivity (Wildman–Crippen MR) is 100 cm³/mol. The quantitative estimate of drug-likeness (QED) is 0.901. The van der Waals surface area contributed by atoms with Crippen LogP contribution < -0.4 is 5.32 Å². The van der Waals surface area contributed by atoms with Gasteiger partial charge in [-0.05, 0) is 68.6 Å². The van der Waals surface area contributed by atoms with Crippen LogP contribution in [0.15, 0.2) is 42.9 Å². The molecular weight excluding hydrogens is 320 g/mol. The summed E-state index contributed by atoms with van der Waals surface area (Å²) in [6.45, 7) is 6.26. The first-order valence-corrected chi connectivity index (χ1v) is 8.57. The number of nitrogens with zero attached hydrogens (tertiary/aromatic N) is 3. The average molecular weight is 347 g/mol. The third-order valence-corrected chi connectivity index (χ3v) is 4.67. The number of aryl methyl sites for hydroxylation is 1. The van der Waals surface area contributed by atoms with Crippen molar-refractivity contribution in [2.75, 3.05) is 13.1 Å². The van der Waals surface area contributed by atoms with E-state index in [0.29, 0.717) is 6.04 Å². The van der Waals surface area contributed by atoms with Gasteiger partial charge in [0.2, 0.25) is 0 Å². The third kappa shape index (κ3) is 5.26. The highest BCUT2D eigenvalue weighted by Crippen LogP contribution is 2.20. The van der Waals surface area contributed by atoms with Crippen molar-refractivity contribution in [2.24, 2.45) is 0 Å². The fourth-order valence-electron chi connectivity index (χ4n) is 3.26. The minimum absolute atomic E-state index is 0. The Balaban J connectivity index is 0.00000208. The maximum atomic E-state index is 4.53. The molecule has 0 spiro atoms. The molecule has 0 amide bonds. The zero-order valence-corrected chi connectivity index (χ0v) is 15.1. The summed E-state index contributed by atoms with van der Waals surface area (Å²) in [4.78, 5) is 11.4. The number of nitrogens with one attached hydrogen (secondary N) is 1. The zero-order valence-electron chi connectivity index (χ0n) is 14.3. The van der Waals surface area contributed by atoms with Crippen LogP contribution in [0.3, 0.4) is 0 Å². The molecule has 0 aliphatic carbocycles. The summed E-state index contributed by atoms with van der Waals surface area (Å²) < 4.78 is 0. The summed E-state index contributed by atoms with van der Waals surface area (Å²) in [6.07, 6.45) is 9.46. The Morgan fingerprint density at radius 1 is 1.12 bits per heavy atom. The summed E-state index contributed by atoms with van der Waals surface area (Å²) in [5, 5.41) is 3.52. The van der Waals surface area contributed by atoms with Crippen LogP contribution in [-0.2, 0) is 13.1 Å². The number of hydrogen-bond donors (Lipinski definition) is 1. The molecule has 0 aromatic carbocycles. The lowest BCUT2D eigenvalue weighted by molar-refractivity contribution is 0.162. The van der Waals surface area contributed by atoms with E-state index in [0.717, 1.165) is 31.9 Å². The van der Waals surface area contributed by atoms with Gasteiger partial charge in [0.25, 0.3) is 0 Å². The van der Waals surface area contributed by atoms with Gasteiger partial charge in [-0.1, -0.05) is 6.07 Å². The van der Waals surface area contributed by atoms with Crippen molar-refractivity contribution in [1.82, 2.24) is 20.2 Å². The van der Waals surface area contributed by atoms with Crippen molar-refractivity contribution < 1.29 is 0 Å².